The lowest BCUT2D eigenvalue weighted by Gasteiger charge is -2.36. The summed E-state index contributed by atoms with van der Waals surface area (Å²) < 4.78 is 5.11. The number of methoxy groups -OCH3 is 1. The van der Waals surface area contributed by atoms with E-state index in [4.69, 9.17) is 4.74 Å². The molecule has 1 amide bonds. The zero-order valence-corrected chi connectivity index (χ0v) is 13.3. The summed E-state index contributed by atoms with van der Waals surface area (Å²) in [7, 11) is 5.88. The second-order valence-electron chi connectivity index (χ2n) is 6.14. The fourth-order valence-electron chi connectivity index (χ4n) is 3.13. The predicted molar refractivity (Wildman–Crippen MR) is 84.4 cm³/mol. The molecule has 1 aromatic rings. The molecule has 4 heteroatoms. The van der Waals surface area contributed by atoms with Crippen molar-refractivity contribution in [2.45, 2.75) is 37.8 Å². The molecule has 0 aliphatic heterocycles. The van der Waals surface area contributed by atoms with Crippen LogP contribution in [0.1, 0.15) is 41.6 Å². The van der Waals surface area contributed by atoms with Gasteiger partial charge in [-0.3, -0.25) is 4.79 Å². The molecule has 4 nitrogen and oxygen atoms in total. The number of carbonyl (C=O) groups excluding carboxylic acids is 1. The van der Waals surface area contributed by atoms with Gasteiger partial charge in [0, 0.05) is 24.8 Å². The molecule has 1 N–H and O–H groups in total. The molecule has 0 aromatic heterocycles. The molecule has 1 aromatic carbocycles. The number of rotatable bonds is 6. The highest BCUT2D eigenvalue weighted by atomic mass is 16.5. The summed E-state index contributed by atoms with van der Waals surface area (Å²) in [6, 6.07) is 7.63. The molecule has 2 rings (SSSR count). The van der Waals surface area contributed by atoms with Gasteiger partial charge in [0.05, 0.1) is 6.61 Å². The molecule has 0 bridgehead atoms. The number of carbonyl (C=O) groups is 1. The molecule has 0 atom stereocenters. The highest BCUT2D eigenvalue weighted by Gasteiger charge is 2.36. The lowest BCUT2D eigenvalue weighted by atomic mass is 9.96. The first kappa shape index (κ1) is 16.0. The van der Waals surface area contributed by atoms with Crippen molar-refractivity contribution >= 4 is 5.91 Å². The van der Waals surface area contributed by atoms with Crippen LogP contribution in [0.2, 0.25) is 0 Å². The van der Waals surface area contributed by atoms with Gasteiger partial charge >= 0.3 is 0 Å². The van der Waals surface area contributed by atoms with E-state index in [0.717, 1.165) is 18.4 Å². The summed E-state index contributed by atoms with van der Waals surface area (Å²) in [6.45, 7) is 1.25. The lowest BCUT2D eigenvalue weighted by molar-refractivity contribution is 0.0899. The van der Waals surface area contributed by atoms with Crippen LogP contribution in [0.25, 0.3) is 0 Å². The van der Waals surface area contributed by atoms with E-state index in [1.807, 2.05) is 24.3 Å². The number of hydrogen-bond acceptors (Lipinski definition) is 3. The van der Waals surface area contributed by atoms with Crippen molar-refractivity contribution in [2.75, 3.05) is 27.7 Å². The van der Waals surface area contributed by atoms with Crippen molar-refractivity contribution in [3.63, 3.8) is 0 Å². The third kappa shape index (κ3) is 3.83. The molecular formula is C17H26N2O2. The van der Waals surface area contributed by atoms with Crippen LogP contribution in [-0.2, 0) is 11.3 Å². The predicted octanol–water partition coefficient (Wildman–Crippen LogP) is 2.44. The Balaban J connectivity index is 1.99. The largest absolute Gasteiger partial charge is 0.380 e. The van der Waals surface area contributed by atoms with E-state index in [2.05, 4.69) is 24.3 Å². The Bertz CT molecular complexity index is 479. The van der Waals surface area contributed by atoms with E-state index in [1.54, 1.807) is 7.11 Å². The fourth-order valence-corrected chi connectivity index (χ4v) is 3.13. The minimum absolute atomic E-state index is 0.000998. The Kier molecular flexibility index (Phi) is 5.37. The average molecular weight is 290 g/mol. The van der Waals surface area contributed by atoms with E-state index in [-0.39, 0.29) is 11.4 Å². The number of benzene rings is 1. The van der Waals surface area contributed by atoms with Crippen LogP contribution in [0, 0.1) is 0 Å². The van der Waals surface area contributed by atoms with E-state index in [0.29, 0.717) is 18.7 Å². The third-order valence-electron chi connectivity index (χ3n) is 4.56. The molecule has 0 unspecified atom stereocenters. The lowest BCUT2D eigenvalue weighted by Crippen LogP contribution is -2.50. The Hall–Kier alpha value is -1.39. The molecule has 116 valence electrons. The maximum absolute atomic E-state index is 12.4. The minimum Gasteiger partial charge on any atom is -0.380 e. The third-order valence-corrected chi connectivity index (χ3v) is 4.56. The van der Waals surface area contributed by atoms with E-state index in [1.165, 1.54) is 12.8 Å². The SMILES string of the molecule is COCc1cccc(C(=O)NCC2(N(C)C)CCCC2)c1. The zero-order valence-electron chi connectivity index (χ0n) is 13.3. The van der Waals surface area contributed by atoms with Crippen LogP contribution in [0.15, 0.2) is 24.3 Å². The highest BCUT2D eigenvalue weighted by molar-refractivity contribution is 5.94. The van der Waals surface area contributed by atoms with Crippen molar-refractivity contribution in [2.24, 2.45) is 0 Å². The molecule has 0 saturated heterocycles. The van der Waals surface area contributed by atoms with Gasteiger partial charge in [0.25, 0.3) is 5.91 Å². The molecule has 21 heavy (non-hydrogen) atoms. The van der Waals surface area contributed by atoms with Crippen LogP contribution < -0.4 is 5.32 Å². The van der Waals surface area contributed by atoms with Crippen LogP contribution in [0.5, 0.6) is 0 Å². The second kappa shape index (κ2) is 7.05. The Morgan fingerprint density at radius 3 is 2.67 bits per heavy atom. The number of amides is 1. The second-order valence-corrected chi connectivity index (χ2v) is 6.14. The average Bonchev–Trinajstić information content (AvgIpc) is 2.96. The summed E-state index contributed by atoms with van der Waals surface area (Å²) in [5.74, 6) is 0.000998. The normalized spacial score (nSPS) is 17.1. The van der Waals surface area contributed by atoms with Gasteiger partial charge in [0.1, 0.15) is 0 Å². The topological polar surface area (TPSA) is 41.6 Å². The van der Waals surface area contributed by atoms with Gasteiger partial charge in [-0.15, -0.1) is 0 Å². The van der Waals surface area contributed by atoms with Gasteiger partial charge in [0.15, 0.2) is 0 Å². The van der Waals surface area contributed by atoms with Crippen LogP contribution in [-0.4, -0.2) is 44.1 Å². The molecule has 0 radical (unpaired) electrons. The smallest absolute Gasteiger partial charge is 0.251 e. The van der Waals surface area contributed by atoms with Crippen molar-refractivity contribution in [3.05, 3.63) is 35.4 Å². The molecule has 1 aliphatic rings. The first-order valence-corrected chi connectivity index (χ1v) is 7.61. The molecule has 1 fully saturated rings. The molecule has 0 heterocycles. The molecule has 1 aliphatic carbocycles. The Morgan fingerprint density at radius 2 is 2.05 bits per heavy atom. The Labute approximate surface area is 127 Å². The number of likely N-dealkylation sites (N-methyl/N-ethyl adjacent to an activating group) is 1. The number of nitrogens with one attached hydrogen (secondary N) is 1. The van der Waals surface area contributed by atoms with Crippen molar-refractivity contribution in [1.82, 2.24) is 10.2 Å². The number of ether oxygens (including phenoxy) is 1. The maximum atomic E-state index is 12.4. The highest BCUT2D eigenvalue weighted by Crippen LogP contribution is 2.33. The standard InChI is InChI=1S/C17H26N2O2/c1-19(2)17(9-4-5-10-17)13-18-16(20)15-8-6-7-14(11-15)12-21-3/h6-8,11H,4-5,9-10,12-13H2,1-3H3,(H,18,20). The quantitative estimate of drug-likeness (QED) is 0.875. The minimum atomic E-state index is 0.000998. The zero-order chi connectivity index (χ0) is 15.3. The van der Waals surface area contributed by atoms with E-state index < -0.39 is 0 Å². The fraction of sp³-hybridized carbons (Fsp3) is 0.588. The first-order chi connectivity index (χ1) is 10.1. The van der Waals surface area contributed by atoms with Crippen LogP contribution in [0.3, 0.4) is 0 Å². The Morgan fingerprint density at radius 1 is 1.33 bits per heavy atom. The molecule has 0 spiro atoms. The van der Waals surface area contributed by atoms with Crippen molar-refractivity contribution in [3.8, 4) is 0 Å². The van der Waals surface area contributed by atoms with E-state index in [9.17, 15) is 4.79 Å². The van der Waals surface area contributed by atoms with Gasteiger partial charge in [-0.2, -0.15) is 0 Å². The monoisotopic (exact) mass is 290 g/mol. The van der Waals surface area contributed by atoms with Crippen molar-refractivity contribution in [1.29, 1.82) is 0 Å². The summed E-state index contributed by atoms with van der Waals surface area (Å²) in [6.07, 6.45) is 4.81. The van der Waals surface area contributed by atoms with Crippen molar-refractivity contribution < 1.29 is 9.53 Å². The summed E-state index contributed by atoms with van der Waals surface area (Å²) in [5, 5.41) is 3.11. The van der Waals surface area contributed by atoms with Crippen LogP contribution in [0.4, 0.5) is 0 Å². The van der Waals surface area contributed by atoms with Gasteiger partial charge in [-0.05, 0) is 44.6 Å². The molecule has 1 saturated carbocycles. The van der Waals surface area contributed by atoms with E-state index >= 15 is 0 Å². The summed E-state index contributed by atoms with van der Waals surface area (Å²) in [5.41, 5.74) is 1.85. The van der Waals surface area contributed by atoms with Gasteiger partial charge in [-0.1, -0.05) is 25.0 Å². The first-order valence-electron chi connectivity index (χ1n) is 7.61. The summed E-state index contributed by atoms with van der Waals surface area (Å²) in [4.78, 5) is 14.6. The number of nitrogens with zero attached hydrogens (tertiary/aromatic N) is 1. The maximum Gasteiger partial charge on any atom is 0.251 e. The van der Waals surface area contributed by atoms with Gasteiger partial charge in [-0.25, -0.2) is 0 Å². The number of hydrogen-bond donors (Lipinski definition) is 1. The summed E-state index contributed by atoms with van der Waals surface area (Å²) >= 11 is 0. The molecular weight excluding hydrogens is 264 g/mol. The van der Waals surface area contributed by atoms with Gasteiger partial charge < -0.3 is 15.0 Å². The van der Waals surface area contributed by atoms with Crippen LogP contribution >= 0.6 is 0 Å². The van der Waals surface area contributed by atoms with Gasteiger partial charge in [0.2, 0.25) is 0 Å².